The molecule has 0 saturated heterocycles. The summed E-state index contributed by atoms with van der Waals surface area (Å²) in [7, 11) is 0. The van der Waals surface area contributed by atoms with Gasteiger partial charge in [-0.3, -0.25) is 4.98 Å². The molecule has 1 heterocycles. The van der Waals surface area contributed by atoms with E-state index in [2.05, 4.69) is 24.1 Å². The zero-order chi connectivity index (χ0) is 11.7. The predicted molar refractivity (Wildman–Crippen MR) is 68.0 cm³/mol. The Balaban J connectivity index is 2.64. The normalized spacial score (nSPS) is 11.0. The third kappa shape index (κ3) is 2.08. The van der Waals surface area contributed by atoms with E-state index in [-0.39, 0.29) is 0 Å². The summed E-state index contributed by atoms with van der Waals surface area (Å²) in [6.45, 7) is 6.19. The van der Waals surface area contributed by atoms with Crippen molar-refractivity contribution < 1.29 is 0 Å². The molecule has 0 atom stereocenters. The Morgan fingerprint density at radius 1 is 1.25 bits per heavy atom. The van der Waals surface area contributed by atoms with Gasteiger partial charge in [0.25, 0.3) is 0 Å². The summed E-state index contributed by atoms with van der Waals surface area (Å²) in [5.74, 6) is 0. The molecule has 0 fully saturated rings. The molecule has 0 aliphatic heterocycles. The maximum absolute atomic E-state index is 7.65. The number of aryl methyl sites for hydroxylation is 1. The zero-order valence-corrected chi connectivity index (χ0v) is 9.83. The molecular weight excluding hydrogens is 198 g/mol. The van der Waals surface area contributed by atoms with Crippen molar-refractivity contribution in [1.82, 2.24) is 10.7 Å². The van der Waals surface area contributed by atoms with Gasteiger partial charge in [-0.05, 0) is 45.0 Å². The molecule has 0 bridgehead atoms. The second kappa shape index (κ2) is 4.00. The highest BCUT2D eigenvalue weighted by Crippen LogP contribution is 2.26. The number of nitrogens with zero attached hydrogens (tertiary/aromatic N) is 1. The van der Waals surface area contributed by atoms with Gasteiger partial charge in [-0.1, -0.05) is 0 Å². The highest BCUT2D eigenvalue weighted by molar-refractivity contribution is 5.93. The van der Waals surface area contributed by atoms with Gasteiger partial charge in [-0.2, -0.15) is 0 Å². The van der Waals surface area contributed by atoms with Gasteiger partial charge in [0.2, 0.25) is 0 Å². The summed E-state index contributed by atoms with van der Waals surface area (Å²) in [5.41, 5.74) is 11.2. The van der Waals surface area contributed by atoms with E-state index < -0.39 is 0 Å². The topological polar surface area (TPSA) is 48.7 Å². The van der Waals surface area contributed by atoms with Gasteiger partial charge in [0.05, 0.1) is 11.2 Å². The van der Waals surface area contributed by atoms with E-state index in [0.29, 0.717) is 11.7 Å². The monoisotopic (exact) mass is 214 g/mol. The molecule has 2 aromatic rings. The average molecular weight is 214 g/mol. The van der Waals surface area contributed by atoms with Crippen LogP contribution in [0.25, 0.3) is 10.9 Å². The molecule has 2 N–H and O–H groups in total. The van der Waals surface area contributed by atoms with E-state index in [4.69, 9.17) is 5.73 Å². The summed E-state index contributed by atoms with van der Waals surface area (Å²) < 4.78 is 0. The first kappa shape index (κ1) is 10.7. The molecule has 16 heavy (non-hydrogen) atoms. The van der Waals surface area contributed by atoms with Crippen molar-refractivity contribution in [2.45, 2.75) is 26.8 Å². The fraction of sp³-hybridized carbons (Fsp3) is 0.308. The van der Waals surface area contributed by atoms with Crippen molar-refractivity contribution in [1.29, 1.82) is 0 Å². The van der Waals surface area contributed by atoms with Crippen LogP contribution in [-0.4, -0.2) is 11.0 Å². The Morgan fingerprint density at radius 3 is 2.69 bits per heavy atom. The first-order chi connectivity index (χ1) is 7.56. The van der Waals surface area contributed by atoms with Crippen LogP contribution < -0.4 is 11.1 Å². The molecule has 0 spiro atoms. The Labute approximate surface area is 95.7 Å². The van der Waals surface area contributed by atoms with Crippen molar-refractivity contribution >= 4 is 22.3 Å². The Kier molecular flexibility index (Phi) is 2.69. The molecule has 0 aliphatic rings. The summed E-state index contributed by atoms with van der Waals surface area (Å²) >= 11 is 0. The number of nitrogens with one attached hydrogen (secondary N) is 2. The first-order valence-corrected chi connectivity index (χ1v) is 5.46. The number of aromatic nitrogens is 1. The van der Waals surface area contributed by atoms with Crippen molar-refractivity contribution in [3.05, 3.63) is 30.0 Å². The highest BCUT2D eigenvalue weighted by atomic mass is 14.9. The van der Waals surface area contributed by atoms with Crippen molar-refractivity contribution in [2.75, 3.05) is 5.32 Å². The van der Waals surface area contributed by atoms with Crippen molar-refractivity contribution in [3.63, 3.8) is 0 Å². The standard InChI is InChI=1S/C13H16N3/c1-8(2)15-13-6-9(3)16-12-5-4-10(14)7-11(12)13/h4-8,14H,1-3H3,(H,15,16). The van der Waals surface area contributed by atoms with Gasteiger partial charge in [0, 0.05) is 22.8 Å². The second-order valence-corrected chi connectivity index (χ2v) is 4.34. The maximum Gasteiger partial charge on any atom is 0.0727 e. The minimum absolute atomic E-state index is 0.374. The van der Waals surface area contributed by atoms with Crippen LogP contribution in [0.2, 0.25) is 0 Å². The Morgan fingerprint density at radius 2 is 2.00 bits per heavy atom. The van der Waals surface area contributed by atoms with E-state index in [0.717, 1.165) is 22.3 Å². The molecule has 3 heteroatoms. The van der Waals surface area contributed by atoms with Crippen LogP contribution in [0.4, 0.5) is 11.4 Å². The largest absolute Gasteiger partial charge is 0.382 e. The van der Waals surface area contributed by atoms with Gasteiger partial charge < -0.3 is 11.1 Å². The lowest BCUT2D eigenvalue weighted by Gasteiger charge is -2.13. The van der Waals surface area contributed by atoms with Crippen LogP contribution in [-0.2, 0) is 0 Å². The van der Waals surface area contributed by atoms with E-state index in [1.165, 1.54) is 0 Å². The third-order valence-corrected chi connectivity index (χ3v) is 2.38. The van der Waals surface area contributed by atoms with Gasteiger partial charge in [0.15, 0.2) is 0 Å². The highest BCUT2D eigenvalue weighted by Gasteiger charge is 2.05. The van der Waals surface area contributed by atoms with Crippen molar-refractivity contribution in [2.24, 2.45) is 0 Å². The number of pyridine rings is 1. The number of hydrogen-bond donors (Lipinski definition) is 1. The van der Waals surface area contributed by atoms with Crippen LogP contribution in [0.15, 0.2) is 24.3 Å². The predicted octanol–water partition coefficient (Wildman–Crippen LogP) is 3.28. The second-order valence-electron chi connectivity index (χ2n) is 4.34. The van der Waals surface area contributed by atoms with E-state index in [9.17, 15) is 0 Å². The molecule has 0 amide bonds. The number of rotatable bonds is 2. The fourth-order valence-electron chi connectivity index (χ4n) is 1.79. The Bertz CT molecular complexity index is 518. The number of benzene rings is 1. The van der Waals surface area contributed by atoms with Gasteiger partial charge >= 0.3 is 0 Å². The number of anilines is 1. The van der Waals surface area contributed by atoms with E-state index >= 15 is 0 Å². The minimum atomic E-state index is 0.374. The van der Waals surface area contributed by atoms with Crippen LogP contribution in [0.5, 0.6) is 0 Å². The number of hydrogen-bond acceptors (Lipinski definition) is 2. The quantitative estimate of drug-likeness (QED) is 0.834. The van der Waals surface area contributed by atoms with Crippen LogP contribution >= 0.6 is 0 Å². The maximum atomic E-state index is 7.65. The molecule has 0 saturated carbocycles. The molecule has 1 aromatic heterocycles. The zero-order valence-electron chi connectivity index (χ0n) is 9.83. The molecule has 3 nitrogen and oxygen atoms in total. The average Bonchev–Trinajstić information content (AvgIpc) is 2.18. The lowest BCUT2D eigenvalue weighted by Crippen LogP contribution is -2.10. The van der Waals surface area contributed by atoms with Gasteiger partial charge in [0.1, 0.15) is 0 Å². The smallest absolute Gasteiger partial charge is 0.0727 e. The summed E-state index contributed by atoms with van der Waals surface area (Å²) in [5, 5.41) is 4.41. The third-order valence-electron chi connectivity index (χ3n) is 2.38. The summed E-state index contributed by atoms with van der Waals surface area (Å²) in [4.78, 5) is 4.46. The molecule has 1 aromatic carbocycles. The molecule has 0 unspecified atom stereocenters. The number of fused-ring (bicyclic) bond motifs is 1. The van der Waals surface area contributed by atoms with Gasteiger partial charge in [-0.15, -0.1) is 0 Å². The Hall–Kier alpha value is -1.77. The molecule has 0 aliphatic carbocycles. The van der Waals surface area contributed by atoms with Crippen LogP contribution in [0.1, 0.15) is 19.5 Å². The lowest BCUT2D eigenvalue weighted by molar-refractivity contribution is 0.901. The lowest BCUT2D eigenvalue weighted by atomic mass is 10.1. The van der Waals surface area contributed by atoms with Crippen LogP contribution in [0, 0.1) is 6.92 Å². The van der Waals surface area contributed by atoms with Gasteiger partial charge in [-0.25, -0.2) is 0 Å². The SMILES string of the molecule is Cc1cc(NC(C)C)c2cc([NH])ccc2n1. The van der Waals surface area contributed by atoms with Crippen molar-refractivity contribution in [3.8, 4) is 0 Å². The molecule has 83 valence electrons. The summed E-state index contributed by atoms with van der Waals surface area (Å²) in [6.07, 6.45) is 0. The van der Waals surface area contributed by atoms with Crippen LogP contribution in [0.3, 0.4) is 0 Å². The molecule has 2 rings (SSSR count). The molecule has 1 radical (unpaired) electrons. The summed E-state index contributed by atoms with van der Waals surface area (Å²) in [6, 6.07) is 7.93. The fourth-order valence-corrected chi connectivity index (χ4v) is 1.79. The first-order valence-electron chi connectivity index (χ1n) is 5.46. The molecular formula is C13H16N3. The minimum Gasteiger partial charge on any atom is -0.382 e. The van der Waals surface area contributed by atoms with E-state index in [1.807, 2.05) is 25.1 Å². The van der Waals surface area contributed by atoms with E-state index in [1.54, 1.807) is 6.07 Å².